The molecule has 0 spiro atoms. The number of halogens is 2. The Hall–Kier alpha value is -2.96. The van der Waals surface area contributed by atoms with E-state index in [1.807, 2.05) is 0 Å². The third kappa shape index (κ3) is 3.13. The SMILES string of the molecule is O=C(CN1CC(=O)Oc2ccccc21)Nc1c(F)cccc1F. The quantitative estimate of drug-likeness (QED) is 0.697. The molecule has 0 unspecified atom stereocenters. The summed E-state index contributed by atoms with van der Waals surface area (Å²) in [5, 5.41) is 2.19. The van der Waals surface area contributed by atoms with Gasteiger partial charge in [0.2, 0.25) is 5.91 Å². The van der Waals surface area contributed by atoms with E-state index in [0.717, 1.165) is 12.1 Å². The second-order valence-electron chi connectivity index (χ2n) is 4.94. The van der Waals surface area contributed by atoms with Crippen LogP contribution in [0.5, 0.6) is 5.75 Å². The van der Waals surface area contributed by atoms with Crippen LogP contribution in [-0.4, -0.2) is 25.0 Å². The minimum atomic E-state index is -0.864. The first-order valence-corrected chi connectivity index (χ1v) is 6.83. The molecule has 1 N–H and O–H groups in total. The molecule has 1 heterocycles. The van der Waals surface area contributed by atoms with Crippen molar-refractivity contribution < 1.29 is 23.1 Å². The van der Waals surface area contributed by atoms with Crippen molar-refractivity contribution in [3.05, 3.63) is 54.1 Å². The number of carbonyl (C=O) groups excluding carboxylic acids is 2. The van der Waals surface area contributed by atoms with Crippen molar-refractivity contribution >= 4 is 23.3 Å². The number of nitrogens with one attached hydrogen (secondary N) is 1. The number of hydrogen-bond donors (Lipinski definition) is 1. The number of hydrogen-bond acceptors (Lipinski definition) is 4. The number of benzene rings is 2. The normalized spacial score (nSPS) is 13.3. The Bertz CT molecular complexity index is 759. The van der Waals surface area contributed by atoms with Gasteiger partial charge in [-0.1, -0.05) is 18.2 Å². The number of nitrogens with zero attached hydrogens (tertiary/aromatic N) is 1. The first kappa shape index (κ1) is 15.0. The summed E-state index contributed by atoms with van der Waals surface area (Å²) >= 11 is 0. The highest BCUT2D eigenvalue weighted by atomic mass is 19.1. The fraction of sp³-hybridized carbons (Fsp3) is 0.125. The summed E-state index contributed by atoms with van der Waals surface area (Å²) in [5.41, 5.74) is 0.0571. The summed E-state index contributed by atoms with van der Waals surface area (Å²) in [4.78, 5) is 25.1. The van der Waals surface area contributed by atoms with Crippen molar-refractivity contribution in [2.45, 2.75) is 0 Å². The molecule has 1 aliphatic rings. The molecule has 0 fully saturated rings. The van der Waals surface area contributed by atoms with Gasteiger partial charge in [-0.15, -0.1) is 0 Å². The van der Waals surface area contributed by atoms with E-state index in [1.165, 1.54) is 11.0 Å². The Kier molecular flexibility index (Phi) is 3.92. The van der Waals surface area contributed by atoms with Crippen molar-refractivity contribution in [2.75, 3.05) is 23.3 Å². The maximum Gasteiger partial charge on any atom is 0.331 e. The van der Waals surface area contributed by atoms with Gasteiger partial charge in [0.15, 0.2) is 5.75 Å². The van der Waals surface area contributed by atoms with Crippen molar-refractivity contribution in [1.82, 2.24) is 0 Å². The van der Waals surface area contributed by atoms with Crippen LogP contribution in [0, 0.1) is 11.6 Å². The number of esters is 1. The smallest absolute Gasteiger partial charge is 0.331 e. The number of para-hydroxylation sites is 3. The molecule has 0 saturated heterocycles. The molecule has 0 radical (unpaired) electrons. The summed E-state index contributed by atoms with van der Waals surface area (Å²) in [7, 11) is 0. The van der Waals surface area contributed by atoms with Gasteiger partial charge in [0, 0.05) is 0 Å². The lowest BCUT2D eigenvalue weighted by atomic mass is 10.2. The van der Waals surface area contributed by atoms with Gasteiger partial charge < -0.3 is 15.0 Å². The summed E-state index contributed by atoms with van der Waals surface area (Å²) in [6, 6.07) is 10.0. The summed E-state index contributed by atoms with van der Waals surface area (Å²) < 4.78 is 32.2. The van der Waals surface area contributed by atoms with Gasteiger partial charge in [-0.25, -0.2) is 13.6 Å². The van der Waals surface area contributed by atoms with Gasteiger partial charge in [-0.3, -0.25) is 4.79 Å². The predicted molar refractivity (Wildman–Crippen MR) is 79.3 cm³/mol. The van der Waals surface area contributed by atoms with Crippen LogP contribution in [0.1, 0.15) is 0 Å². The van der Waals surface area contributed by atoms with E-state index in [0.29, 0.717) is 11.4 Å². The highest BCUT2D eigenvalue weighted by molar-refractivity contribution is 5.96. The molecule has 0 atom stereocenters. The number of ether oxygens (including phenoxy) is 1. The summed E-state index contributed by atoms with van der Waals surface area (Å²) in [6.45, 7) is -0.357. The maximum atomic E-state index is 13.5. The van der Waals surface area contributed by atoms with Crippen LogP contribution >= 0.6 is 0 Å². The van der Waals surface area contributed by atoms with E-state index in [-0.39, 0.29) is 13.1 Å². The second-order valence-corrected chi connectivity index (χ2v) is 4.94. The van der Waals surface area contributed by atoms with Gasteiger partial charge in [0.1, 0.15) is 23.9 Å². The number of fused-ring (bicyclic) bond motifs is 1. The molecular weight excluding hydrogens is 306 g/mol. The predicted octanol–water partition coefficient (Wildman–Crippen LogP) is 2.33. The molecule has 7 heteroatoms. The van der Waals surface area contributed by atoms with Crippen molar-refractivity contribution in [3.8, 4) is 5.75 Å². The first-order chi connectivity index (χ1) is 11.0. The van der Waals surface area contributed by atoms with Gasteiger partial charge in [0.05, 0.1) is 12.2 Å². The minimum Gasteiger partial charge on any atom is -0.423 e. The third-order valence-corrected chi connectivity index (χ3v) is 3.31. The second kappa shape index (κ2) is 6.04. The Morgan fingerprint density at radius 3 is 2.57 bits per heavy atom. The lowest BCUT2D eigenvalue weighted by molar-refractivity contribution is -0.133. The van der Waals surface area contributed by atoms with Crippen molar-refractivity contribution in [1.29, 1.82) is 0 Å². The Labute approximate surface area is 130 Å². The Morgan fingerprint density at radius 2 is 1.83 bits per heavy atom. The number of carbonyl (C=O) groups is 2. The number of amides is 1. The standard InChI is InChI=1S/C16H12F2N2O3/c17-10-4-3-5-11(18)16(10)19-14(21)8-20-9-15(22)23-13-7-2-1-6-12(13)20/h1-7H,8-9H2,(H,19,21). The van der Waals surface area contributed by atoms with Crippen LogP contribution in [-0.2, 0) is 9.59 Å². The van der Waals surface area contributed by atoms with E-state index >= 15 is 0 Å². The van der Waals surface area contributed by atoms with Crippen molar-refractivity contribution in [3.63, 3.8) is 0 Å². The van der Waals surface area contributed by atoms with Crippen LogP contribution in [0.3, 0.4) is 0 Å². The first-order valence-electron chi connectivity index (χ1n) is 6.83. The molecule has 0 saturated carbocycles. The topological polar surface area (TPSA) is 58.6 Å². The number of rotatable bonds is 3. The largest absolute Gasteiger partial charge is 0.423 e. The van der Waals surface area contributed by atoms with Crippen LogP contribution in [0.25, 0.3) is 0 Å². The van der Waals surface area contributed by atoms with Crippen LogP contribution in [0.15, 0.2) is 42.5 Å². The van der Waals surface area contributed by atoms with E-state index in [4.69, 9.17) is 4.74 Å². The highest BCUT2D eigenvalue weighted by Gasteiger charge is 2.25. The van der Waals surface area contributed by atoms with Gasteiger partial charge >= 0.3 is 5.97 Å². The van der Waals surface area contributed by atoms with Gasteiger partial charge in [-0.2, -0.15) is 0 Å². The van der Waals surface area contributed by atoms with Gasteiger partial charge in [-0.05, 0) is 24.3 Å². The monoisotopic (exact) mass is 318 g/mol. The Morgan fingerprint density at radius 1 is 1.13 bits per heavy atom. The lowest BCUT2D eigenvalue weighted by Crippen LogP contribution is -2.41. The number of anilines is 2. The fourth-order valence-corrected chi connectivity index (χ4v) is 2.31. The average molecular weight is 318 g/mol. The summed E-state index contributed by atoms with van der Waals surface area (Å²) in [6.07, 6.45) is 0. The minimum absolute atomic E-state index is 0.121. The van der Waals surface area contributed by atoms with E-state index in [9.17, 15) is 18.4 Å². The molecule has 0 aromatic heterocycles. The molecule has 1 amide bonds. The third-order valence-electron chi connectivity index (χ3n) is 3.31. The molecule has 23 heavy (non-hydrogen) atoms. The molecule has 0 aliphatic carbocycles. The van der Waals surface area contributed by atoms with E-state index in [1.54, 1.807) is 24.3 Å². The zero-order chi connectivity index (χ0) is 16.4. The van der Waals surface area contributed by atoms with E-state index in [2.05, 4.69) is 5.32 Å². The fourth-order valence-electron chi connectivity index (χ4n) is 2.31. The molecule has 0 bridgehead atoms. The molecule has 118 valence electrons. The molecular formula is C16H12F2N2O3. The van der Waals surface area contributed by atoms with Crippen molar-refractivity contribution in [2.24, 2.45) is 0 Å². The molecule has 1 aliphatic heterocycles. The maximum absolute atomic E-state index is 13.5. The molecule has 2 aromatic rings. The average Bonchev–Trinajstić information content (AvgIpc) is 2.51. The summed E-state index contributed by atoms with van der Waals surface area (Å²) in [5.74, 6) is -2.53. The zero-order valence-electron chi connectivity index (χ0n) is 11.9. The lowest BCUT2D eigenvalue weighted by Gasteiger charge is -2.29. The van der Waals surface area contributed by atoms with Crippen LogP contribution in [0.2, 0.25) is 0 Å². The molecule has 5 nitrogen and oxygen atoms in total. The Balaban J connectivity index is 1.77. The zero-order valence-corrected chi connectivity index (χ0v) is 11.9. The van der Waals surface area contributed by atoms with Crippen LogP contribution in [0.4, 0.5) is 20.2 Å². The van der Waals surface area contributed by atoms with Gasteiger partial charge in [0.25, 0.3) is 0 Å². The van der Waals surface area contributed by atoms with E-state index < -0.39 is 29.2 Å². The molecule has 2 aromatic carbocycles. The van der Waals surface area contributed by atoms with Crippen LogP contribution < -0.4 is 15.0 Å². The highest BCUT2D eigenvalue weighted by Crippen LogP contribution is 2.31. The molecule has 3 rings (SSSR count).